The molecule has 1 heterocycles. The summed E-state index contributed by atoms with van der Waals surface area (Å²) in [7, 11) is 0. The van der Waals surface area contributed by atoms with Crippen LogP contribution < -0.4 is 5.32 Å². The Hall–Kier alpha value is -1.32. The molecule has 5 atom stereocenters. The third kappa shape index (κ3) is 2.57. The third-order valence-corrected chi connectivity index (χ3v) is 10.8. The molecule has 6 rings (SSSR count). The van der Waals surface area contributed by atoms with Crippen LogP contribution in [0, 0.1) is 28.6 Å². The molecule has 0 saturated heterocycles. The van der Waals surface area contributed by atoms with Gasteiger partial charge in [0.2, 0.25) is 0 Å². The summed E-state index contributed by atoms with van der Waals surface area (Å²) < 4.78 is 0. The van der Waals surface area contributed by atoms with Crippen LogP contribution in [0.5, 0.6) is 0 Å². The summed E-state index contributed by atoms with van der Waals surface area (Å²) in [5, 5.41) is 4.54. The Kier molecular flexibility index (Phi) is 4.26. The molecule has 0 unspecified atom stereocenters. The van der Waals surface area contributed by atoms with Gasteiger partial charge in [0, 0.05) is 33.0 Å². The van der Waals surface area contributed by atoms with Crippen molar-refractivity contribution in [1.29, 1.82) is 0 Å². The van der Waals surface area contributed by atoms with Gasteiger partial charge in [0.1, 0.15) is 5.78 Å². The molecule has 1 aliphatic heterocycles. The first-order chi connectivity index (χ1) is 14.4. The Morgan fingerprint density at radius 1 is 1.10 bits per heavy atom. The van der Waals surface area contributed by atoms with Gasteiger partial charge in [-0.1, -0.05) is 43.7 Å². The second-order valence-electron chi connectivity index (χ2n) is 10.5. The molecule has 2 saturated carbocycles. The number of rotatable bonds is 1. The SMILES string of the molecule is C[C@]12CCC3=C([SH]=C(c4cccc(Cl)c4)N3)C1=CC[C@@H]1[C@@H]2CC[C@]2(C)C(=O)CC[C@@H]12. The van der Waals surface area contributed by atoms with Crippen molar-refractivity contribution in [3.05, 3.63) is 57.1 Å². The lowest BCUT2D eigenvalue weighted by molar-refractivity contribution is -0.131. The van der Waals surface area contributed by atoms with Crippen molar-refractivity contribution in [1.82, 2.24) is 5.32 Å². The number of benzene rings is 1. The number of Topliss-reactive ketones (excluding diaryl/α,β-unsaturated/α-hetero) is 1. The van der Waals surface area contributed by atoms with E-state index in [2.05, 4.69) is 37.4 Å². The normalized spacial score (nSPS) is 39.7. The zero-order chi connectivity index (χ0) is 20.7. The first-order valence-electron chi connectivity index (χ1n) is 11.5. The van der Waals surface area contributed by atoms with E-state index in [4.69, 9.17) is 11.6 Å². The number of hydrogen-bond acceptors (Lipinski definition) is 2. The summed E-state index contributed by atoms with van der Waals surface area (Å²) in [6, 6.07) is 8.20. The lowest BCUT2D eigenvalue weighted by atomic mass is 9.48. The fraction of sp³-hybridized carbons (Fsp3) is 0.538. The summed E-state index contributed by atoms with van der Waals surface area (Å²) in [6.07, 6.45) is 10.3. The Bertz CT molecular complexity index is 1050. The monoisotopic (exact) mass is 439 g/mol. The van der Waals surface area contributed by atoms with Gasteiger partial charge in [0.05, 0.1) is 4.99 Å². The summed E-state index contributed by atoms with van der Waals surface area (Å²) in [4.78, 5) is 15.5. The van der Waals surface area contributed by atoms with E-state index in [1.165, 1.54) is 45.3 Å². The van der Waals surface area contributed by atoms with Gasteiger partial charge in [-0.25, -0.2) is 0 Å². The molecule has 4 aliphatic carbocycles. The molecule has 5 aliphatic rings. The number of thiol groups is 1. The van der Waals surface area contributed by atoms with Crippen LogP contribution in [-0.2, 0) is 4.79 Å². The number of halogens is 1. The van der Waals surface area contributed by atoms with Gasteiger partial charge in [0.15, 0.2) is 0 Å². The molecule has 0 spiro atoms. The highest BCUT2D eigenvalue weighted by Gasteiger charge is 2.58. The predicted molar refractivity (Wildman–Crippen MR) is 127 cm³/mol. The lowest BCUT2D eigenvalue weighted by Crippen LogP contribution is -2.49. The van der Waals surface area contributed by atoms with Crippen LogP contribution in [0.2, 0.25) is 5.02 Å². The van der Waals surface area contributed by atoms with Crippen LogP contribution in [0.25, 0.3) is 0 Å². The molecule has 1 aromatic rings. The van der Waals surface area contributed by atoms with Gasteiger partial charge in [0.25, 0.3) is 0 Å². The zero-order valence-electron chi connectivity index (χ0n) is 17.8. The molecular formula is C26H30ClNOS. The van der Waals surface area contributed by atoms with Gasteiger partial charge in [-0.15, -0.1) is 11.4 Å². The van der Waals surface area contributed by atoms with Crippen LogP contribution >= 0.6 is 23.0 Å². The predicted octanol–water partition coefficient (Wildman–Crippen LogP) is 6.24. The summed E-state index contributed by atoms with van der Waals surface area (Å²) >= 11 is 7.56. The molecule has 30 heavy (non-hydrogen) atoms. The van der Waals surface area contributed by atoms with Crippen molar-refractivity contribution < 1.29 is 4.79 Å². The Morgan fingerprint density at radius 3 is 2.77 bits per heavy atom. The third-order valence-electron chi connectivity index (χ3n) is 9.20. The van der Waals surface area contributed by atoms with E-state index in [9.17, 15) is 4.79 Å². The van der Waals surface area contributed by atoms with E-state index in [0.29, 0.717) is 17.6 Å². The molecule has 2 fully saturated rings. The largest absolute Gasteiger partial charge is 0.353 e. The Morgan fingerprint density at radius 2 is 1.93 bits per heavy atom. The number of nitrogens with one attached hydrogen (secondary N) is 1. The van der Waals surface area contributed by atoms with E-state index in [0.717, 1.165) is 43.0 Å². The number of carbonyl (C=O) groups excluding carboxylic acids is 1. The zero-order valence-corrected chi connectivity index (χ0v) is 19.5. The van der Waals surface area contributed by atoms with Crippen molar-refractivity contribution in [3.8, 4) is 0 Å². The van der Waals surface area contributed by atoms with Crippen LogP contribution in [0.15, 0.2) is 46.5 Å². The smallest absolute Gasteiger partial charge is 0.139 e. The van der Waals surface area contributed by atoms with Gasteiger partial charge in [-0.05, 0) is 79.4 Å². The topological polar surface area (TPSA) is 29.1 Å². The van der Waals surface area contributed by atoms with Gasteiger partial charge in [-0.3, -0.25) is 4.79 Å². The minimum absolute atomic E-state index is 0.0390. The van der Waals surface area contributed by atoms with Crippen LogP contribution in [0.4, 0.5) is 0 Å². The second kappa shape index (κ2) is 6.59. The van der Waals surface area contributed by atoms with Crippen molar-refractivity contribution in [3.63, 3.8) is 0 Å². The number of allylic oxidation sites excluding steroid dienone is 3. The molecule has 4 heteroatoms. The first kappa shape index (κ1) is 19.4. The fourth-order valence-electron chi connectivity index (χ4n) is 7.52. The van der Waals surface area contributed by atoms with Crippen LogP contribution in [0.1, 0.15) is 64.4 Å². The van der Waals surface area contributed by atoms with Gasteiger partial charge in [-0.2, -0.15) is 0 Å². The summed E-state index contributed by atoms with van der Waals surface area (Å²) in [5.41, 5.74) is 4.44. The van der Waals surface area contributed by atoms with E-state index in [-0.39, 0.29) is 10.8 Å². The minimum atomic E-state index is -0.0390. The number of hydrogen-bond donors (Lipinski definition) is 2. The molecule has 2 nitrogen and oxygen atoms in total. The van der Waals surface area contributed by atoms with Crippen LogP contribution in [0.3, 0.4) is 0 Å². The maximum atomic E-state index is 12.7. The summed E-state index contributed by atoms with van der Waals surface area (Å²) in [6.45, 7) is 4.81. The van der Waals surface area contributed by atoms with Crippen LogP contribution in [-0.4, -0.2) is 10.8 Å². The van der Waals surface area contributed by atoms with Crippen molar-refractivity contribution in [2.24, 2.45) is 28.6 Å². The maximum Gasteiger partial charge on any atom is 0.139 e. The highest BCUT2D eigenvalue weighted by atomic mass is 35.5. The quantitative estimate of drug-likeness (QED) is 0.400. The maximum absolute atomic E-state index is 12.7. The summed E-state index contributed by atoms with van der Waals surface area (Å²) in [5.74, 6) is 2.55. The lowest BCUT2D eigenvalue weighted by Gasteiger charge is -2.56. The van der Waals surface area contributed by atoms with Gasteiger partial charge >= 0.3 is 0 Å². The molecule has 0 bridgehead atoms. The standard InChI is InChI=1S/C26H30ClNOS/c1-25-13-11-21-23(30-24(28-21)15-4-3-5-16(27)14-15)20(25)7-6-17-18-8-9-22(29)26(18,2)12-10-19(17)25/h3-5,7,14,17-19,28,30H,6,8-13H2,1-2H3/t17-,18-,19-,25+,26-/m0/s1. The van der Waals surface area contributed by atoms with Crippen molar-refractivity contribution >= 4 is 33.7 Å². The van der Waals surface area contributed by atoms with E-state index in [1.807, 2.05) is 12.1 Å². The molecule has 158 valence electrons. The fourth-order valence-corrected chi connectivity index (χ4v) is 9.17. The van der Waals surface area contributed by atoms with E-state index >= 15 is 0 Å². The Labute approximate surface area is 188 Å². The van der Waals surface area contributed by atoms with Gasteiger partial charge < -0.3 is 5.32 Å². The average Bonchev–Trinajstić information content (AvgIpc) is 3.29. The highest BCUT2D eigenvalue weighted by Crippen LogP contribution is 2.65. The number of carbonyl (C=O) groups is 1. The second-order valence-corrected chi connectivity index (χ2v) is 12.0. The highest BCUT2D eigenvalue weighted by molar-refractivity contribution is 8.03. The van der Waals surface area contributed by atoms with E-state index in [1.54, 1.807) is 5.57 Å². The molecule has 1 N–H and O–H groups in total. The number of fused-ring (bicyclic) bond motifs is 6. The molecule has 1 aromatic carbocycles. The molecule has 0 amide bonds. The average molecular weight is 440 g/mol. The molecule has 0 aromatic heterocycles. The molecule has 0 radical (unpaired) electrons. The minimum Gasteiger partial charge on any atom is -0.353 e. The first-order valence-corrected chi connectivity index (χ1v) is 12.8. The van der Waals surface area contributed by atoms with Crippen molar-refractivity contribution in [2.75, 3.05) is 0 Å². The van der Waals surface area contributed by atoms with Crippen molar-refractivity contribution in [2.45, 2.75) is 58.8 Å². The Balaban J connectivity index is 1.37. The van der Waals surface area contributed by atoms with E-state index < -0.39 is 0 Å². The number of ketones is 1. The molecular weight excluding hydrogens is 410 g/mol.